The molecular formula is C38H73N3O18. The first-order valence-corrected chi connectivity index (χ1v) is 20.9. The van der Waals surface area contributed by atoms with Crippen molar-refractivity contribution in [1.82, 2.24) is 15.5 Å². The lowest BCUT2D eigenvalue weighted by atomic mass is 9.99. The van der Waals surface area contributed by atoms with Gasteiger partial charge in [0.15, 0.2) is 12.6 Å². The highest BCUT2D eigenvalue weighted by Gasteiger charge is 2.45. The van der Waals surface area contributed by atoms with E-state index in [0.717, 1.165) is 58.2 Å². The maximum Gasteiger partial charge on any atom is 0.220 e. The van der Waals surface area contributed by atoms with Crippen LogP contribution in [-0.4, -0.2) is 231 Å². The van der Waals surface area contributed by atoms with E-state index >= 15 is 0 Å². The van der Waals surface area contributed by atoms with Gasteiger partial charge in [-0.05, 0) is 45.3 Å². The molecule has 0 aliphatic carbocycles. The van der Waals surface area contributed by atoms with E-state index < -0.39 is 74.6 Å². The van der Waals surface area contributed by atoms with Crippen LogP contribution in [0.15, 0.2) is 0 Å². The summed E-state index contributed by atoms with van der Waals surface area (Å²) in [7, 11) is 0. The van der Waals surface area contributed by atoms with Crippen molar-refractivity contribution in [1.29, 1.82) is 0 Å². The zero-order chi connectivity index (χ0) is 43.3. The molecule has 0 aromatic carbocycles. The standard InChI is InChI=1S/C38H73N3O18/c1-2-41(13-7-3-5-9-29(44)39-11-15-52-17-19-54-21-23-56-37-35(50)33(48)31(46)27(25-42)58-37)14-8-4-6-10-30(45)40-12-16-53-18-20-55-22-24-57-38-36(51)34(49)32(47)28(26-43)59-38/h27-28,31-38,42-43,46-51H,2-26H2,1H3,(H,39,44)(H,40,45)/t27?,28?,31-,32-,33+,34+,35?,36?,37+,38+/m1/s1. The molecule has 0 aromatic rings. The number of nitrogens with zero attached hydrogens (tertiary/aromatic N) is 1. The van der Waals surface area contributed by atoms with E-state index in [1.807, 2.05) is 0 Å². The molecule has 2 saturated heterocycles. The number of hydrogen-bond acceptors (Lipinski definition) is 19. The van der Waals surface area contributed by atoms with Crippen molar-refractivity contribution in [2.45, 2.75) is 120 Å². The van der Waals surface area contributed by atoms with Gasteiger partial charge in [0.1, 0.15) is 48.8 Å². The molecule has 2 rings (SSSR count). The second kappa shape index (κ2) is 32.9. The highest BCUT2D eigenvalue weighted by molar-refractivity contribution is 5.76. The van der Waals surface area contributed by atoms with Crippen molar-refractivity contribution in [3.63, 3.8) is 0 Å². The topological polar surface area (TPSA) is 297 Å². The Kier molecular flexibility index (Phi) is 29.8. The molecule has 0 saturated carbocycles. The Bertz CT molecular complexity index is 989. The van der Waals surface area contributed by atoms with Gasteiger partial charge in [0.25, 0.3) is 0 Å². The number of carbonyl (C=O) groups is 2. The molecule has 2 aliphatic heterocycles. The molecule has 0 aromatic heterocycles. The van der Waals surface area contributed by atoms with E-state index in [2.05, 4.69) is 22.5 Å². The van der Waals surface area contributed by atoms with Crippen molar-refractivity contribution in [2.24, 2.45) is 0 Å². The lowest BCUT2D eigenvalue weighted by Gasteiger charge is -2.39. The minimum absolute atomic E-state index is 0.0115. The van der Waals surface area contributed by atoms with E-state index in [1.54, 1.807) is 0 Å². The fourth-order valence-corrected chi connectivity index (χ4v) is 6.23. The Hall–Kier alpha value is -1.74. The van der Waals surface area contributed by atoms with Crippen LogP contribution in [0.25, 0.3) is 0 Å². The van der Waals surface area contributed by atoms with Gasteiger partial charge < -0.3 is 94.3 Å². The van der Waals surface area contributed by atoms with Crippen molar-refractivity contribution in [3.05, 3.63) is 0 Å². The summed E-state index contributed by atoms with van der Waals surface area (Å²) in [6, 6.07) is 0. The third kappa shape index (κ3) is 22.3. The first-order chi connectivity index (χ1) is 28.5. The van der Waals surface area contributed by atoms with Crippen LogP contribution in [0.1, 0.15) is 58.3 Å². The molecule has 21 nitrogen and oxygen atoms in total. The third-order valence-electron chi connectivity index (χ3n) is 9.80. The molecule has 0 spiro atoms. The summed E-state index contributed by atoms with van der Waals surface area (Å²) in [5.41, 5.74) is 0. The highest BCUT2D eigenvalue weighted by atomic mass is 16.7. The van der Waals surface area contributed by atoms with Crippen molar-refractivity contribution < 1.29 is 88.3 Å². The molecule has 21 heteroatoms. The number of nitrogens with one attached hydrogen (secondary N) is 2. The second-order valence-corrected chi connectivity index (χ2v) is 14.3. The Morgan fingerprint density at radius 1 is 0.508 bits per heavy atom. The molecule has 0 bridgehead atoms. The number of rotatable bonds is 35. The van der Waals surface area contributed by atoms with Crippen LogP contribution < -0.4 is 10.6 Å². The summed E-state index contributed by atoms with van der Waals surface area (Å²) in [4.78, 5) is 26.7. The number of aliphatic hydroxyl groups is 8. The molecule has 348 valence electrons. The lowest BCUT2D eigenvalue weighted by Crippen LogP contribution is -2.59. The highest BCUT2D eigenvalue weighted by Crippen LogP contribution is 2.23. The second-order valence-electron chi connectivity index (χ2n) is 14.3. The van der Waals surface area contributed by atoms with E-state index in [0.29, 0.717) is 65.6 Å². The summed E-state index contributed by atoms with van der Waals surface area (Å²) >= 11 is 0. The smallest absolute Gasteiger partial charge is 0.220 e. The summed E-state index contributed by atoms with van der Waals surface area (Å²) < 4.78 is 42.9. The zero-order valence-corrected chi connectivity index (χ0v) is 34.6. The molecule has 2 fully saturated rings. The number of carbonyl (C=O) groups excluding carboxylic acids is 2. The van der Waals surface area contributed by atoms with Gasteiger partial charge >= 0.3 is 0 Å². The van der Waals surface area contributed by atoms with Crippen LogP contribution in [0, 0.1) is 0 Å². The molecule has 10 atom stereocenters. The van der Waals surface area contributed by atoms with Gasteiger partial charge in [0.05, 0.1) is 79.3 Å². The number of amides is 2. The molecule has 2 aliphatic rings. The molecule has 0 radical (unpaired) electrons. The van der Waals surface area contributed by atoms with Gasteiger partial charge in [-0.1, -0.05) is 19.8 Å². The summed E-state index contributed by atoms with van der Waals surface area (Å²) in [6.45, 7) is 7.14. The maximum absolute atomic E-state index is 12.1. The molecule has 2 heterocycles. The van der Waals surface area contributed by atoms with Crippen molar-refractivity contribution in [3.8, 4) is 0 Å². The van der Waals surface area contributed by atoms with Crippen LogP contribution in [0.2, 0.25) is 0 Å². The van der Waals surface area contributed by atoms with Gasteiger partial charge in [0.2, 0.25) is 11.8 Å². The van der Waals surface area contributed by atoms with Crippen LogP contribution in [-0.2, 0) is 47.5 Å². The zero-order valence-electron chi connectivity index (χ0n) is 34.6. The van der Waals surface area contributed by atoms with Gasteiger partial charge in [-0.3, -0.25) is 9.59 Å². The van der Waals surface area contributed by atoms with Gasteiger partial charge in [-0.15, -0.1) is 0 Å². The molecule has 59 heavy (non-hydrogen) atoms. The third-order valence-corrected chi connectivity index (χ3v) is 9.80. The quantitative estimate of drug-likeness (QED) is 0.0275. The first-order valence-electron chi connectivity index (χ1n) is 20.9. The van der Waals surface area contributed by atoms with Crippen molar-refractivity contribution in [2.75, 3.05) is 112 Å². The molecule has 4 unspecified atom stereocenters. The SMILES string of the molecule is CCN(CCCCCC(=O)NCCOCCOCCO[C@H]1OC(CO)[C@@H](O)[C@H](O)C1O)CCCCCC(=O)NCCOCCOCCO[C@H]1OC(CO)[C@@H](O)[C@H](O)C1O. The minimum Gasteiger partial charge on any atom is -0.394 e. The fraction of sp³-hybridized carbons (Fsp3) is 0.947. The van der Waals surface area contributed by atoms with Crippen LogP contribution >= 0.6 is 0 Å². The number of unbranched alkanes of at least 4 members (excludes halogenated alkanes) is 4. The van der Waals surface area contributed by atoms with Gasteiger partial charge in [0, 0.05) is 25.9 Å². The number of hydrogen-bond donors (Lipinski definition) is 10. The van der Waals surface area contributed by atoms with E-state index in [1.165, 1.54) is 0 Å². The van der Waals surface area contributed by atoms with E-state index in [-0.39, 0.29) is 38.2 Å². The summed E-state index contributed by atoms with van der Waals surface area (Å²) in [5, 5.41) is 83.2. The number of ether oxygens (including phenoxy) is 8. The number of aliphatic hydroxyl groups excluding tert-OH is 8. The van der Waals surface area contributed by atoms with Crippen LogP contribution in [0.5, 0.6) is 0 Å². The fourth-order valence-electron chi connectivity index (χ4n) is 6.23. The largest absolute Gasteiger partial charge is 0.394 e. The first kappa shape index (κ1) is 53.4. The Balaban J connectivity index is 1.31. The average molecular weight is 860 g/mol. The van der Waals surface area contributed by atoms with E-state index in [4.69, 9.17) is 37.9 Å². The molecule has 2 amide bonds. The predicted octanol–water partition coefficient (Wildman–Crippen LogP) is -3.64. The van der Waals surface area contributed by atoms with E-state index in [9.17, 15) is 50.4 Å². The Morgan fingerprint density at radius 2 is 0.881 bits per heavy atom. The van der Waals surface area contributed by atoms with Crippen molar-refractivity contribution >= 4 is 11.8 Å². The molecular weight excluding hydrogens is 786 g/mol. The maximum atomic E-state index is 12.1. The monoisotopic (exact) mass is 859 g/mol. The average Bonchev–Trinajstić information content (AvgIpc) is 3.23. The van der Waals surface area contributed by atoms with Crippen LogP contribution in [0.3, 0.4) is 0 Å². The Morgan fingerprint density at radius 3 is 1.25 bits per heavy atom. The minimum atomic E-state index is -1.49. The lowest BCUT2D eigenvalue weighted by molar-refractivity contribution is -0.302. The van der Waals surface area contributed by atoms with Gasteiger partial charge in [-0.2, -0.15) is 0 Å². The predicted molar refractivity (Wildman–Crippen MR) is 208 cm³/mol. The van der Waals surface area contributed by atoms with Crippen LogP contribution in [0.4, 0.5) is 0 Å². The Labute approximate surface area is 347 Å². The normalized spacial score (nSPS) is 27.3. The summed E-state index contributed by atoms with van der Waals surface area (Å²) in [6.07, 6.45) is -6.76. The summed E-state index contributed by atoms with van der Waals surface area (Å²) in [5.74, 6) is -0.0230. The van der Waals surface area contributed by atoms with Gasteiger partial charge in [-0.25, -0.2) is 0 Å². The molecule has 10 N–H and O–H groups in total.